The molecule has 0 fully saturated rings. The molecule has 0 spiro atoms. The van der Waals surface area contributed by atoms with Gasteiger partial charge in [-0.05, 0) is 55.9 Å². The van der Waals surface area contributed by atoms with Gasteiger partial charge in [0.05, 0.1) is 11.1 Å². The monoisotopic (exact) mass is 441 g/mol. The Bertz CT molecular complexity index is 1220. The Hall–Kier alpha value is -3.68. The van der Waals surface area contributed by atoms with Crippen molar-refractivity contribution in [2.24, 2.45) is 0 Å². The number of aromatic nitrogens is 2. The van der Waals surface area contributed by atoms with Gasteiger partial charge in [-0.15, -0.1) is 6.42 Å². The first-order chi connectivity index (χ1) is 14.8. The molecule has 0 unspecified atom stereocenters. The molecule has 3 aromatic rings. The minimum atomic E-state index is -3.63. The van der Waals surface area contributed by atoms with E-state index in [2.05, 4.69) is 31.2 Å². The molecule has 0 saturated heterocycles. The Kier molecular flexibility index (Phi) is 6.69. The average molecular weight is 441 g/mol. The van der Waals surface area contributed by atoms with Gasteiger partial charge >= 0.3 is 0 Å². The fraction of sp³-hybridized carbons (Fsp3) is 0.143. The van der Waals surface area contributed by atoms with Gasteiger partial charge in [-0.25, -0.2) is 22.5 Å². The summed E-state index contributed by atoms with van der Waals surface area (Å²) in [6, 6.07) is 11.5. The first-order valence-corrected chi connectivity index (χ1v) is 10.6. The molecule has 0 aliphatic carbocycles. The lowest BCUT2D eigenvalue weighted by Crippen LogP contribution is -2.19. The van der Waals surface area contributed by atoms with Gasteiger partial charge < -0.3 is 15.4 Å². The van der Waals surface area contributed by atoms with Crippen LogP contribution in [0, 0.1) is 25.1 Å². The van der Waals surface area contributed by atoms with Gasteiger partial charge in [0, 0.05) is 11.4 Å². The van der Waals surface area contributed by atoms with Crippen molar-refractivity contribution in [3.05, 3.63) is 60.0 Å². The number of terminal acetylenes is 1. The van der Waals surface area contributed by atoms with Crippen molar-refractivity contribution in [2.75, 3.05) is 24.3 Å². The number of halogens is 1. The molecule has 1 heterocycles. The number of hydrogen-bond donors (Lipinski definition) is 3. The highest BCUT2D eigenvalue weighted by atomic mass is 32.2. The zero-order valence-corrected chi connectivity index (χ0v) is 17.6. The topological polar surface area (TPSA) is 105 Å². The summed E-state index contributed by atoms with van der Waals surface area (Å²) in [5.74, 6) is 2.35. The normalized spacial score (nSPS) is 10.9. The highest BCUT2D eigenvalue weighted by Gasteiger charge is 2.16. The van der Waals surface area contributed by atoms with Gasteiger partial charge in [-0.3, -0.25) is 0 Å². The highest BCUT2D eigenvalue weighted by Crippen LogP contribution is 2.24. The molecule has 0 aliphatic rings. The lowest BCUT2D eigenvalue weighted by Gasteiger charge is -2.12. The zero-order chi connectivity index (χ0) is 22.4. The van der Waals surface area contributed by atoms with Crippen molar-refractivity contribution in [2.45, 2.75) is 11.8 Å². The number of benzene rings is 2. The van der Waals surface area contributed by atoms with Crippen LogP contribution in [0.15, 0.2) is 53.6 Å². The Labute approximate surface area is 179 Å². The highest BCUT2D eigenvalue weighted by molar-refractivity contribution is 7.89. The van der Waals surface area contributed by atoms with E-state index >= 15 is 0 Å². The van der Waals surface area contributed by atoms with Crippen molar-refractivity contribution >= 4 is 33.2 Å². The molecule has 0 saturated carbocycles. The molecule has 3 rings (SSSR count). The number of rotatable bonds is 8. The Balaban J connectivity index is 1.80. The summed E-state index contributed by atoms with van der Waals surface area (Å²) in [6.45, 7) is 1.84. The summed E-state index contributed by atoms with van der Waals surface area (Å²) in [7, 11) is -2.30. The molecule has 0 amide bonds. The standard InChI is InChI=1S/C21H20FN5O3S/c1-4-11-30-17-9-7-15(8-10-17)25-20-18(22)13-24-21(27-20)26-16-6-5-14(2)19(12-16)31(28,29)23-3/h1,5-10,12-13,23H,11H2,2-3H3,(H2,24,25,26,27). The Morgan fingerprint density at radius 3 is 2.52 bits per heavy atom. The molecular formula is C21H20FN5O3S. The molecule has 10 heteroatoms. The number of sulfonamides is 1. The fourth-order valence-electron chi connectivity index (χ4n) is 2.62. The fourth-order valence-corrected chi connectivity index (χ4v) is 3.61. The first kappa shape index (κ1) is 22.0. The summed E-state index contributed by atoms with van der Waals surface area (Å²) in [4.78, 5) is 8.17. The largest absolute Gasteiger partial charge is 0.481 e. The summed E-state index contributed by atoms with van der Waals surface area (Å²) in [6.07, 6.45) is 6.17. The SMILES string of the molecule is C#CCOc1ccc(Nc2nc(Nc3ccc(C)c(S(=O)(=O)NC)c3)ncc2F)cc1. The summed E-state index contributed by atoms with van der Waals surface area (Å²) in [5, 5.41) is 5.76. The maximum Gasteiger partial charge on any atom is 0.240 e. The molecule has 3 N–H and O–H groups in total. The van der Waals surface area contributed by atoms with E-state index in [-0.39, 0.29) is 23.3 Å². The third-order valence-electron chi connectivity index (χ3n) is 4.19. The number of nitrogens with one attached hydrogen (secondary N) is 3. The van der Waals surface area contributed by atoms with Gasteiger partial charge in [0.15, 0.2) is 11.6 Å². The van der Waals surface area contributed by atoms with Crippen LogP contribution in [-0.2, 0) is 10.0 Å². The minimum absolute atomic E-state index is 0.0509. The lowest BCUT2D eigenvalue weighted by atomic mass is 10.2. The second-order valence-corrected chi connectivity index (χ2v) is 8.20. The molecule has 0 radical (unpaired) electrons. The number of ether oxygens (including phenoxy) is 1. The van der Waals surface area contributed by atoms with Crippen molar-refractivity contribution in [1.29, 1.82) is 0 Å². The van der Waals surface area contributed by atoms with E-state index in [1.165, 1.54) is 13.1 Å². The van der Waals surface area contributed by atoms with Crippen molar-refractivity contribution in [3.8, 4) is 18.1 Å². The maximum atomic E-state index is 14.2. The van der Waals surface area contributed by atoms with E-state index in [4.69, 9.17) is 11.2 Å². The second-order valence-electron chi connectivity index (χ2n) is 6.35. The summed E-state index contributed by atoms with van der Waals surface area (Å²) in [5.41, 5.74) is 1.60. The van der Waals surface area contributed by atoms with Crippen LogP contribution in [0.2, 0.25) is 0 Å². The van der Waals surface area contributed by atoms with E-state index in [1.807, 2.05) is 0 Å². The van der Waals surface area contributed by atoms with Gasteiger partial charge in [0.2, 0.25) is 16.0 Å². The lowest BCUT2D eigenvalue weighted by molar-refractivity contribution is 0.370. The molecule has 1 aromatic heterocycles. The van der Waals surface area contributed by atoms with Crippen LogP contribution in [-0.4, -0.2) is 32.0 Å². The number of hydrogen-bond acceptors (Lipinski definition) is 7. The van der Waals surface area contributed by atoms with Gasteiger partial charge in [0.25, 0.3) is 0 Å². The van der Waals surface area contributed by atoms with Crippen LogP contribution in [0.5, 0.6) is 5.75 Å². The quantitative estimate of drug-likeness (QED) is 0.461. The summed E-state index contributed by atoms with van der Waals surface area (Å²) >= 11 is 0. The Morgan fingerprint density at radius 1 is 1.13 bits per heavy atom. The van der Waals surface area contributed by atoms with Crippen LogP contribution in [0.1, 0.15) is 5.56 Å². The van der Waals surface area contributed by atoms with Crippen LogP contribution < -0.4 is 20.1 Å². The minimum Gasteiger partial charge on any atom is -0.481 e. The predicted octanol–water partition coefficient (Wildman–Crippen LogP) is 3.33. The summed E-state index contributed by atoms with van der Waals surface area (Å²) < 4.78 is 46.1. The zero-order valence-electron chi connectivity index (χ0n) is 16.8. The van der Waals surface area contributed by atoms with E-state index in [9.17, 15) is 12.8 Å². The van der Waals surface area contributed by atoms with Crippen molar-refractivity contribution < 1.29 is 17.5 Å². The average Bonchev–Trinajstić information content (AvgIpc) is 2.76. The molecular weight excluding hydrogens is 421 g/mol. The van der Waals surface area contributed by atoms with Crippen LogP contribution in [0.3, 0.4) is 0 Å². The molecule has 8 nitrogen and oxygen atoms in total. The smallest absolute Gasteiger partial charge is 0.240 e. The molecule has 2 aromatic carbocycles. The number of nitrogens with zero attached hydrogens (tertiary/aromatic N) is 2. The number of anilines is 4. The predicted molar refractivity (Wildman–Crippen MR) is 117 cm³/mol. The van der Waals surface area contributed by atoms with E-state index in [0.717, 1.165) is 6.20 Å². The molecule has 0 bridgehead atoms. The van der Waals surface area contributed by atoms with Crippen molar-refractivity contribution in [3.63, 3.8) is 0 Å². The van der Waals surface area contributed by atoms with Crippen LogP contribution in [0.25, 0.3) is 0 Å². The van der Waals surface area contributed by atoms with Gasteiger partial charge in [-0.1, -0.05) is 12.0 Å². The first-order valence-electron chi connectivity index (χ1n) is 9.09. The molecule has 0 atom stereocenters. The third kappa shape index (κ3) is 5.48. The van der Waals surface area contributed by atoms with Crippen LogP contribution in [0.4, 0.5) is 27.5 Å². The van der Waals surface area contributed by atoms with Crippen LogP contribution >= 0.6 is 0 Å². The third-order valence-corrected chi connectivity index (χ3v) is 5.74. The Morgan fingerprint density at radius 2 is 1.84 bits per heavy atom. The molecule has 0 aliphatic heterocycles. The van der Waals surface area contributed by atoms with E-state index in [0.29, 0.717) is 22.7 Å². The second kappa shape index (κ2) is 9.42. The van der Waals surface area contributed by atoms with E-state index < -0.39 is 15.8 Å². The van der Waals surface area contributed by atoms with E-state index in [1.54, 1.807) is 43.3 Å². The van der Waals surface area contributed by atoms with Gasteiger partial charge in [0.1, 0.15) is 12.4 Å². The maximum absolute atomic E-state index is 14.2. The molecule has 160 valence electrons. The molecule has 31 heavy (non-hydrogen) atoms. The van der Waals surface area contributed by atoms with Crippen molar-refractivity contribution in [1.82, 2.24) is 14.7 Å². The number of aryl methyl sites for hydroxylation is 1. The van der Waals surface area contributed by atoms with Gasteiger partial charge in [-0.2, -0.15) is 4.98 Å².